The first-order valence-corrected chi connectivity index (χ1v) is 11.4. The highest BCUT2D eigenvalue weighted by atomic mass is 16.5. The van der Waals surface area contributed by atoms with Gasteiger partial charge in [0.1, 0.15) is 11.4 Å². The molecule has 0 unspecified atom stereocenters. The molecule has 0 aliphatic carbocycles. The average Bonchev–Trinajstić information content (AvgIpc) is 2.86. The van der Waals surface area contributed by atoms with E-state index in [1.165, 1.54) is 22.2 Å². The topological polar surface area (TPSA) is 98.8 Å². The third-order valence-electron chi connectivity index (χ3n) is 6.44. The number of benzene rings is 1. The van der Waals surface area contributed by atoms with E-state index in [-0.39, 0.29) is 35.6 Å². The van der Waals surface area contributed by atoms with E-state index >= 15 is 0 Å². The van der Waals surface area contributed by atoms with Crippen molar-refractivity contribution in [3.05, 3.63) is 67.1 Å². The summed E-state index contributed by atoms with van der Waals surface area (Å²) in [7, 11) is 3.14. The molecule has 3 heterocycles. The van der Waals surface area contributed by atoms with Gasteiger partial charge in [-0.15, -0.1) is 0 Å². The lowest BCUT2D eigenvalue weighted by Crippen LogP contribution is -2.49. The summed E-state index contributed by atoms with van der Waals surface area (Å²) in [6, 6.07) is 8.97. The highest BCUT2D eigenvalue weighted by molar-refractivity contribution is 6.05. The number of amides is 1. The van der Waals surface area contributed by atoms with E-state index in [4.69, 9.17) is 4.74 Å². The van der Waals surface area contributed by atoms with E-state index in [2.05, 4.69) is 4.90 Å². The maximum atomic E-state index is 13.5. The number of carbonyl (C=O) groups excluding carboxylic acids is 1. The number of aryl methyl sites for hydroxylation is 2. The molecule has 0 spiro atoms. The fraction of sp³-hybridized carbons (Fsp3) is 0.417. The van der Waals surface area contributed by atoms with Crippen LogP contribution in [0.1, 0.15) is 24.2 Å². The summed E-state index contributed by atoms with van der Waals surface area (Å²) in [6.07, 6.45) is 0. The summed E-state index contributed by atoms with van der Waals surface area (Å²) in [5.74, 6) is 0.400. The summed E-state index contributed by atoms with van der Waals surface area (Å²) in [6.45, 7) is 6.00. The van der Waals surface area contributed by atoms with Crippen LogP contribution in [0.15, 0.2) is 44.7 Å². The lowest BCUT2D eigenvalue weighted by Gasteiger charge is -2.36. The smallest absolute Gasteiger partial charge is 0.332 e. The predicted octanol–water partition coefficient (Wildman–Crippen LogP) is 0.873. The average molecular weight is 468 g/mol. The van der Waals surface area contributed by atoms with Gasteiger partial charge in [0.15, 0.2) is 0 Å². The van der Waals surface area contributed by atoms with E-state index in [9.17, 15) is 19.2 Å². The van der Waals surface area contributed by atoms with Crippen LogP contribution in [0.2, 0.25) is 0 Å². The summed E-state index contributed by atoms with van der Waals surface area (Å²) in [4.78, 5) is 56.2. The van der Waals surface area contributed by atoms with Gasteiger partial charge in [-0.3, -0.25) is 28.1 Å². The van der Waals surface area contributed by atoms with Gasteiger partial charge in [-0.2, -0.15) is 0 Å². The number of carbonyl (C=O) groups is 1. The molecule has 4 rings (SSSR count). The second-order valence-electron chi connectivity index (χ2n) is 8.21. The quantitative estimate of drug-likeness (QED) is 0.552. The molecule has 2 aromatic heterocycles. The molecule has 0 bridgehead atoms. The normalized spacial score (nSPS) is 14.0. The molecule has 10 heteroatoms. The Morgan fingerprint density at radius 3 is 2.12 bits per heavy atom. The van der Waals surface area contributed by atoms with Crippen molar-refractivity contribution < 1.29 is 9.53 Å². The van der Waals surface area contributed by atoms with Gasteiger partial charge in [0, 0.05) is 58.1 Å². The van der Waals surface area contributed by atoms with Gasteiger partial charge in [0.25, 0.3) is 17.0 Å². The van der Waals surface area contributed by atoms with E-state index < -0.39 is 16.8 Å². The largest absolute Gasteiger partial charge is 0.497 e. The molecule has 1 amide bonds. The SMILES string of the molecule is CCn1c(=O)c2c(C(=O)N3CCN(c4ccc(OC)cc4)CC3)cc(=O)n(CC)c2n(C)c1=O. The highest BCUT2D eigenvalue weighted by Crippen LogP contribution is 2.22. The van der Waals surface area contributed by atoms with Crippen molar-refractivity contribution >= 4 is 22.6 Å². The first-order valence-electron chi connectivity index (χ1n) is 11.4. The fourth-order valence-corrected chi connectivity index (χ4v) is 4.57. The van der Waals surface area contributed by atoms with Crippen molar-refractivity contribution in [3.8, 4) is 5.75 Å². The first kappa shape index (κ1) is 23.3. The van der Waals surface area contributed by atoms with Crippen LogP contribution >= 0.6 is 0 Å². The standard InChI is InChI=1S/C24H29N5O5/c1-5-28-19(30)15-18(20-21(28)25(3)24(33)29(6-2)23(20)32)22(31)27-13-11-26(12-14-27)16-7-9-17(34-4)10-8-16/h7-10,15H,5-6,11-14H2,1-4H3. The molecule has 180 valence electrons. The van der Waals surface area contributed by atoms with Crippen LogP contribution < -0.4 is 26.4 Å². The molecule has 0 N–H and O–H groups in total. The number of hydrogen-bond donors (Lipinski definition) is 0. The van der Waals surface area contributed by atoms with Gasteiger partial charge in [0.05, 0.1) is 18.1 Å². The van der Waals surface area contributed by atoms with Crippen LogP contribution in [-0.4, -0.2) is 57.8 Å². The number of rotatable bonds is 5. The summed E-state index contributed by atoms with van der Waals surface area (Å²) in [5.41, 5.74) is -0.230. The van der Waals surface area contributed by atoms with Gasteiger partial charge < -0.3 is 14.5 Å². The molecule has 10 nitrogen and oxygen atoms in total. The fourth-order valence-electron chi connectivity index (χ4n) is 4.57. The van der Waals surface area contributed by atoms with Crippen molar-refractivity contribution in [1.29, 1.82) is 0 Å². The van der Waals surface area contributed by atoms with Crippen molar-refractivity contribution in [1.82, 2.24) is 18.6 Å². The minimum atomic E-state index is -0.553. The first-order chi connectivity index (χ1) is 16.3. The molecule has 3 aromatic rings. The molecule has 1 aliphatic heterocycles. The lowest BCUT2D eigenvalue weighted by atomic mass is 10.1. The Kier molecular flexibility index (Phi) is 6.32. The number of piperazine rings is 1. The molecule has 0 saturated carbocycles. The van der Waals surface area contributed by atoms with Gasteiger partial charge in [-0.1, -0.05) is 0 Å². The lowest BCUT2D eigenvalue weighted by molar-refractivity contribution is 0.0748. The van der Waals surface area contributed by atoms with Crippen molar-refractivity contribution in [3.63, 3.8) is 0 Å². The molecule has 0 radical (unpaired) electrons. The monoisotopic (exact) mass is 467 g/mol. The van der Waals surface area contributed by atoms with Crippen LogP contribution in [0.4, 0.5) is 5.69 Å². The molecule has 1 aliphatic rings. The maximum absolute atomic E-state index is 13.5. The van der Waals surface area contributed by atoms with Crippen LogP contribution in [0.25, 0.3) is 11.0 Å². The Morgan fingerprint density at radius 1 is 0.941 bits per heavy atom. The number of pyridine rings is 1. The van der Waals surface area contributed by atoms with Crippen LogP contribution in [0.3, 0.4) is 0 Å². The number of ether oxygens (including phenoxy) is 1. The highest BCUT2D eigenvalue weighted by Gasteiger charge is 2.27. The Hall–Kier alpha value is -3.82. The number of nitrogens with zero attached hydrogens (tertiary/aromatic N) is 5. The number of anilines is 1. The molecular formula is C24H29N5O5. The minimum Gasteiger partial charge on any atom is -0.497 e. The number of fused-ring (bicyclic) bond motifs is 1. The van der Waals surface area contributed by atoms with Gasteiger partial charge in [-0.25, -0.2) is 4.79 Å². The zero-order valence-corrected chi connectivity index (χ0v) is 19.9. The van der Waals surface area contributed by atoms with Gasteiger partial charge in [0.2, 0.25) is 0 Å². The Balaban J connectivity index is 1.72. The maximum Gasteiger partial charge on any atom is 0.332 e. The molecule has 1 fully saturated rings. The second-order valence-corrected chi connectivity index (χ2v) is 8.21. The van der Waals surface area contributed by atoms with E-state index in [1.54, 1.807) is 25.9 Å². The van der Waals surface area contributed by atoms with Crippen LogP contribution in [0.5, 0.6) is 5.75 Å². The van der Waals surface area contributed by atoms with Gasteiger partial charge in [-0.05, 0) is 38.1 Å². The second kappa shape index (κ2) is 9.20. The van der Waals surface area contributed by atoms with E-state index in [1.807, 2.05) is 24.3 Å². The number of hydrogen-bond acceptors (Lipinski definition) is 6. The molecular weight excluding hydrogens is 438 g/mol. The third kappa shape index (κ3) is 3.78. The minimum absolute atomic E-state index is 0.0467. The zero-order chi connectivity index (χ0) is 24.6. The van der Waals surface area contributed by atoms with E-state index in [0.717, 1.165) is 16.0 Å². The number of methoxy groups -OCH3 is 1. The van der Waals surface area contributed by atoms with Crippen molar-refractivity contribution in [2.75, 3.05) is 38.2 Å². The summed E-state index contributed by atoms with van der Waals surface area (Å²) in [5, 5.41) is 0.105. The molecule has 1 saturated heterocycles. The Bertz CT molecular complexity index is 1410. The predicted molar refractivity (Wildman–Crippen MR) is 130 cm³/mol. The number of aromatic nitrogens is 3. The van der Waals surface area contributed by atoms with Crippen molar-refractivity contribution in [2.45, 2.75) is 26.9 Å². The molecule has 1 aromatic carbocycles. The van der Waals surface area contributed by atoms with Crippen LogP contribution in [-0.2, 0) is 20.1 Å². The molecule has 34 heavy (non-hydrogen) atoms. The zero-order valence-electron chi connectivity index (χ0n) is 19.9. The van der Waals surface area contributed by atoms with Crippen molar-refractivity contribution in [2.24, 2.45) is 7.05 Å². The van der Waals surface area contributed by atoms with Crippen LogP contribution in [0, 0.1) is 0 Å². The molecule has 0 atom stereocenters. The third-order valence-corrected chi connectivity index (χ3v) is 6.44. The Morgan fingerprint density at radius 2 is 1.56 bits per heavy atom. The summed E-state index contributed by atoms with van der Waals surface area (Å²) >= 11 is 0. The van der Waals surface area contributed by atoms with E-state index in [0.29, 0.717) is 26.2 Å². The Labute approximate surface area is 196 Å². The van der Waals surface area contributed by atoms with Gasteiger partial charge >= 0.3 is 5.69 Å². The summed E-state index contributed by atoms with van der Waals surface area (Å²) < 4.78 is 8.94.